The summed E-state index contributed by atoms with van der Waals surface area (Å²) >= 11 is 1.51. The molecule has 2 amide bonds. The Morgan fingerprint density at radius 2 is 1.92 bits per heavy atom. The van der Waals surface area contributed by atoms with Crippen molar-refractivity contribution >= 4 is 34.5 Å². The molecule has 0 radical (unpaired) electrons. The lowest BCUT2D eigenvalue weighted by Gasteiger charge is -2.36. The van der Waals surface area contributed by atoms with Crippen molar-refractivity contribution in [1.82, 2.24) is 24.6 Å². The van der Waals surface area contributed by atoms with Gasteiger partial charge in [0.2, 0.25) is 0 Å². The molecule has 9 nitrogen and oxygen atoms in total. The van der Waals surface area contributed by atoms with Gasteiger partial charge in [0.05, 0.1) is 18.2 Å². The van der Waals surface area contributed by atoms with Gasteiger partial charge in [-0.1, -0.05) is 6.92 Å². The number of aromatic nitrogens is 3. The van der Waals surface area contributed by atoms with Gasteiger partial charge < -0.3 is 20.2 Å². The fourth-order valence-electron chi connectivity index (χ4n) is 4.48. The van der Waals surface area contributed by atoms with Crippen LogP contribution in [0, 0.1) is 0 Å². The van der Waals surface area contributed by atoms with Crippen LogP contribution in [0.2, 0.25) is 0 Å². The molecule has 36 heavy (non-hydrogen) atoms. The van der Waals surface area contributed by atoms with E-state index in [4.69, 9.17) is 4.98 Å². The number of nitrogens with one attached hydrogen (secondary N) is 1. The van der Waals surface area contributed by atoms with E-state index >= 15 is 0 Å². The molecule has 0 aromatic carbocycles. The van der Waals surface area contributed by atoms with Crippen LogP contribution in [0.1, 0.15) is 34.2 Å². The molecule has 1 fully saturated rings. The second-order valence-electron chi connectivity index (χ2n) is 8.68. The van der Waals surface area contributed by atoms with Gasteiger partial charge in [0.25, 0.3) is 11.8 Å². The van der Waals surface area contributed by atoms with Gasteiger partial charge in [-0.2, -0.15) is 11.3 Å². The van der Waals surface area contributed by atoms with Gasteiger partial charge in [0.1, 0.15) is 11.4 Å². The minimum Gasteiger partial charge on any atom is -0.394 e. The lowest BCUT2D eigenvalue weighted by atomic mass is 10.1. The van der Waals surface area contributed by atoms with Gasteiger partial charge in [-0.25, -0.2) is 4.98 Å². The number of piperazine rings is 1. The van der Waals surface area contributed by atoms with Crippen LogP contribution in [-0.2, 0) is 0 Å². The first-order valence-corrected chi connectivity index (χ1v) is 12.9. The lowest BCUT2D eigenvalue weighted by Crippen LogP contribution is -2.48. The van der Waals surface area contributed by atoms with Crippen LogP contribution >= 0.6 is 11.3 Å². The van der Waals surface area contributed by atoms with Crippen molar-refractivity contribution in [2.75, 3.05) is 37.7 Å². The summed E-state index contributed by atoms with van der Waals surface area (Å²) in [5.41, 5.74) is 3.69. The smallest absolute Gasteiger partial charge is 0.270 e. The average Bonchev–Trinajstić information content (AvgIpc) is 3.60. The lowest BCUT2D eigenvalue weighted by molar-refractivity contribution is 0.0747. The minimum atomic E-state index is -0.361. The Hall–Kier alpha value is -3.76. The van der Waals surface area contributed by atoms with Crippen LogP contribution in [-0.4, -0.2) is 75.0 Å². The highest BCUT2D eigenvalue weighted by molar-refractivity contribution is 7.08. The maximum atomic E-state index is 13.6. The predicted molar refractivity (Wildman–Crippen MR) is 139 cm³/mol. The Labute approximate surface area is 213 Å². The van der Waals surface area contributed by atoms with Crippen molar-refractivity contribution in [3.63, 3.8) is 0 Å². The van der Waals surface area contributed by atoms with E-state index in [0.29, 0.717) is 42.1 Å². The third-order valence-electron chi connectivity index (χ3n) is 6.53. The number of nitrogens with zero attached hydrogens (tertiary/aromatic N) is 5. The number of fused-ring (bicyclic) bond motifs is 1. The SMILES string of the molecule is CC[C@@H](CO)NC(=O)c1c(-c2ccsc2)nc2c(C(=O)N3CCN(c4ccncc4)CC3)cccn12. The molecular formula is C26H28N6O3S. The Balaban J connectivity index is 1.47. The van der Waals surface area contributed by atoms with E-state index in [9.17, 15) is 14.7 Å². The number of rotatable bonds is 7. The molecule has 10 heteroatoms. The topological polar surface area (TPSA) is 103 Å². The molecule has 1 aliphatic rings. The zero-order valence-corrected chi connectivity index (χ0v) is 20.8. The van der Waals surface area contributed by atoms with E-state index in [-0.39, 0.29) is 24.5 Å². The number of thiophene rings is 1. The number of hydrogen-bond donors (Lipinski definition) is 2. The van der Waals surface area contributed by atoms with Crippen LogP contribution in [0.25, 0.3) is 16.9 Å². The maximum Gasteiger partial charge on any atom is 0.270 e. The second-order valence-corrected chi connectivity index (χ2v) is 9.46. The van der Waals surface area contributed by atoms with E-state index in [0.717, 1.165) is 24.3 Å². The van der Waals surface area contributed by atoms with Gasteiger partial charge in [-0.3, -0.25) is 19.0 Å². The summed E-state index contributed by atoms with van der Waals surface area (Å²) in [6.07, 6.45) is 5.90. The van der Waals surface area contributed by atoms with Gasteiger partial charge >= 0.3 is 0 Å². The molecule has 0 spiro atoms. The van der Waals surface area contributed by atoms with Gasteiger partial charge in [0, 0.05) is 61.4 Å². The van der Waals surface area contributed by atoms with Crippen molar-refractivity contribution in [2.24, 2.45) is 0 Å². The van der Waals surface area contributed by atoms with Crippen LogP contribution in [0.3, 0.4) is 0 Å². The third-order valence-corrected chi connectivity index (χ3v) is 7.22. The highest BCUT2D eigenvalue weighted by atomic mass is 32.1. The fraction of sp³-hybridized carbons (Fsp3) is 0.308. The summed E-state index contributed by atoms with van der Waals surface area (Å²) in [5, 5.41) is 16.4. The third kappa shape index (κ3) is 4.57. The first kappa shape index (κ1) is 24.0. The quantitative estimate of drug-likeness (QED) is 0.401. The molecule has 5 heterocycles. The molecule has 1 aliphatic heterocycles. The van der Waals surface area contributed by atoms with Crippen molar-refractivity contribution in [2.45, 2.75) is 19.4 Å². The number of amides is 2. The molecule has 1 atom stereocenters. The van der Waals surface area contributed by atoms with Crippen molar-refractivity contribution in [1.29, 1.82) is 0 Å². The molecule has 2 N–H and O–H groups in total. The van der Waals surface area contributed by atoms with Gasteiger partial charge in [-0.05, 0) is 42.1 Å². The van der Waals surface area contributed by atoms with Crippen LogP contribution in [0.5, 0.6) is 0 Å². The monoisotopic (exact) mass is 504 g/mol. The summed E-state index contributed by atoms with van der Waals surface area (Å²) in [5.74, 6) is -0.439. The van der Waals surface area contributed by atoms with E-state index in [1.165, 1.54) is 11.3 Å². The number of aliphatic hydroxyl groups excluding tert-OH is 1. The number of hydrogen-bond acceptors (Lipinski definition) is 7. The van der Waals surface area contributed by atoms with Crippen molar-refractivity contribution in [3.05, 3.63) is 70.9 Å². The summed E-state index contributed by atoms with van der Waals surface area (Å²) in [6.45, 7) is 4.37. The first-order chi connectivity index (χ1) is 17.6. The molecule has 1 saturated heterocycles. The molecule has 0 bridgehead atoms. The molecule has 5 rings (SSSR count). The maximum absolute atomic E-state index is 13.6. The Kier molecular flexibility index (Phi) is 6.97. The zero-order chi connectivity index (χ0) is 25.1. The van der Waals surface area contributed by atoms with E-state index in [1.807, 2.05) is 40.8 Å². The Morgan fingerprint density at radius 3 is 2.58 bits per heavy atom. The first-order valence-electron chi connectivity index (χ1n) is 12.0. The number of imidazole rings is 1. The van der Waals surface area contributed by atoms with E-state index in [1.54, 1.807) is 35.1 Å². The highest BCUT2D eigenvalue weighted by Gasteiger charge is 2.28. The number of carbonyl (C=O) groups is 2. The Morgan fingerprint density at radius 1 is 1.14 bits per heavy atom. The van der Waals surface area contributed by atoms with Crippen molar-refractivity contribution < 1.29 is 14.7 Å². The molecule has 4 aromatic heterocycles. The number of pyridine rings is 2. The molecule has 0 unspecified atom stereocenters. The summed E-state index contributed by atoms with van der Waals surface area (Å²) in [7, 11) is 0. The summed E-state index contributed by atoms with van der Waals surface area (Å²) in [4.78, 5) is 39.9. The van der Waals surface area contributed by atoms with Crippen LogP contribution in [0.4, 0.5) is 5.69 Å². The standard InChI is InChI=1S/C26H28N6O3S/c1-2-19(16-33)28-25(34)23-22(18-7-15-36-17-18)29-24-21(4-3-10-32(23)24)26(35)31-13-11-30(12-14-31)20-5-8-27-9-6-20/h3-10,15,17,19,33H,2,11-14,16H2,1H3,(H,28,34)/t19-/m0/s1. The second kappa shape index (κ2) is 10.5. The molecule has 186 valence electrons. The normalized spacial score (nSPS) is 14.7. The molecule has 0 aliphatic carbocycles. The Bertz CT molecular complexity index is 1340. The molecular weight excluding hydrogens is 476 g/mol. The number of anilines is 1. The fourth-order valence-corrected chi connectivity index (χ4v) is 5.12. The highest BCUT2D eigenvalue weighted by Crippen LogP contribution is 2.28. The van der Waals surface area contributed by atoms with E-state index < -0.39 is 0 Å². The van der Waals surface area contributed by atoms with Gasteiger partial charge in [-0.15, -0.1) is 0 Å². The minimum absolute atomic E-state index is 0.106. The summed E-state index contributed by atoms with van der Waals surface area (Å²) < 4.78 is 1.69. The van der Waals surface area contributed by atoms with Crippen LogP contribution in [0.15, 0.2) is 59.7 Å². The largest absolute Gasteiger partial charge is 0.394 e. The molecule has 0 saturated carbocycles. The average molecular weight is 505 g/mol. The zero-order valence-electron chi connectivity index (χ0n) is 20.0. The van der Waals surface area contributed by atoms with Crippen molar-refractivity contribution in [3.8, 4) is 11.3 Å². The van der Waals surface area contributed by atoms with Crippen LogP contribution < -0.4 is 10.2 Å². The molecule has 4 aromatic rings. The van der Waals surface area contributed by atoms with Gasteiger partial charge in [0.15, 0.2) is 5.65 Å². The summed E-state index contributed by atoms with van der Waals surface area (Å²) in [6, 6.07) is 9.03. The number of aliphatic hydroxyl groups is 1. The van der Waals surface area contributed by atoms with E-state index in [2.05, 4.69) is 15.2 Å². The number of carbonyl (C=O) groups excluding carboxylic acids is 2. The predicted octanol–water partition coefficient (Wildman–Crippen LogP) is 2.92.